The summed E-state index contributed by atoms with van der Waals surface area (Å²) >= 11 is 0. The van der Waals surface area contributed by atoms with E-state index in [0.717, 1.165) is 11.9 Å². The van der Waals surface area contributed by atoms with E-state index < -0.39 is 15.7 Å². The maximum Gasteiger partial charge on any atom is 0.223 e. The predicted octanol–water partition coefficient (Wildman–Crippen LogP) is 2.91. The Bertz CT molecular complexity index is 1010. The third-order valence-electron chi connectivity index (χ3n) is 3.22. The molecule has 2 aromatic heterocycles. The molecular formula is C15H14FN3O3S. The third-order valence-corrected chi connectivity index (χ3v) is 4.19. The average molecular weight is 335 g/mol. The van der Waals surface area contributed by atoms with Gasteiger partial charge in [0.2, 0.25) is 5.88 Å². The zero-order valence-electron chi connectivity index (χ0n) is 12.7. The maximum absolute atomic E-state index is 14.5. The Morgan fingerprint density at radius 2 is 1.91 bits per heavy atom. The Morgan fingerprint density at radius 3 is 2.61 bits per heavy atom. The molecule has 0 spiro atoms. The van der Waals surface area contributed by atoms with Gasteiger partial charge < -0.3 is 9.72 Å². The van der Waals surface area contributed by atoms with Gasteiger partial charge in [-0.05, 0) is 32.0 Å². The van der Waals surface area contributed by atoms with Gasteiger partial charge in [0.25, 0.3) is 0 Å². The lowest BCUT2D eigenvalue weighted by Gasteiger charge is -2.08. The molecule has 3 rings (SSSR count). The lowest BCUT2D eigenvalue weighted by molar-refractivity contribution is 0.426. The highest BCUT2D eigenvalue weighted by molar-refractivity contribution is 7.90. The number of sulfone groups is 1. The van der Waals surface area contributed by atoms with Gasteiger partial charge in [-0.15, -0.1) is 0 Å². The third kappa shape index (κ3) is 3.02. The predicted molar refractivity (Wildman–Crippen MR) is 82.9 cm³/mol. The Kier molecular flexibility index (Phi) is 3.56. The standard InChI is InChI=1S/C15H14FN3O3S/c1-8-6-10-11(17-8)4-5-12(15(10)16)22-13-7-14(23(3,20)21)19-9(2)18-13/h4-7,17H,1-3H3. The molecule has 3 aromatic rings. The first kappa shape index (κ1) is 15.4. The van der Waals surface area contributed by atoms with Crippen molar-refractivity contribution in [1.82, 2.24) is 15.0 Å². The van der Waals surface area contributed by atoms with Crippen molar-refractivity contribution in [3.05, 3.63) is 41.6 Å². The van der Waals surface area contributed by atoms with E-state index in [4.69, 9.17) is 4.74 Å². The van der Waals surface area contributed by atoms with E-state index in [1.54, 1.807) is 12.1 Å². The van der Waals surface area contributed by atoms with Crippen LogP contribution in [0.25, 0.3) is 10.9 Å². The average Bonchev–Trinajstić information content (AvgIpc) is 2.82. The van der Waals surface area contributed by atoms with Gasteiger partial charge in [-0.25, -0.2) is 17.8 Å². The van der Waals surface area contributed by atoms with E-state index in [9.17, 15) is 12.8 Å². The Morgan fingerprint density at radius 1 is 1.17 bits per heavy atom. The van der Waals surface area contributed by atoms with Gasteiger partial charge in [0.05, 0.1) is 0 Å². The van der Waals surface area contributed by atoms with Crippen molar-refractivity contribution in [2.45, 2.75) is 18.9 Å². The van der Waals surface area contributed by atoms with E-state index in [0.29, 0.717) is 10.9 Å². The van der Waals surface area contributed by atoms with Crippen molar-refractivity contribution >= 4 is 20.7 Å². The van der Waals surface area contributed by atoms with Crippen molar-refractivity contribution in [2.75, 3.05) is 6.26 Å². The number of fused-ring (bicyclic) bond motifs is 1. The number of H-pyrrole nitrogens is 1. The van der Waals surface area contributed by atoms with Crippen LogP contribution in [0.4, 0.5) is 4.39 Å². The first-order valence-electron chi connectivity index (χ1n) is 6.75. The number of hydrogen-bond donors (Lipinski definition) is 1. The van der Waals surface area contributed by atoms with E-state index in [1.807, 2.05) is 6.92 Å². The quantitative estimate of drug-likeness (QED) is 0.744. The fourth-order valence-electron chi connectivity index (χ4n) is 2.24. The topological polar surface area (TPSA) is 84.9 Å². The van der Waals surface area contributed by atoms with Crippen LogP contribution >= 0.6 is 0 Å². The number of aryl methyl sites for hydroxylation is 2. The number of rotatable bonds is 3. The van der Waals surface area contributed by atoms with Crippen molar-refractivity contribution in [2.24, 2.45) is 0 Å². The number of ether oxygens (including phenoxy) is 1. The molecule has 1 aromatic carbocycles. The van der Waals surface area contributed by atoms with Crippen LogP contribution in [0.5, 0.6) is 11.6 Å². The summed E-state index contributed by atoms with van der Waals surface area (Å²) in [5, 5.41) is 0.230. The molecule has 0 bridgehead atoms. The minimum atomic E-state index is -3.51. The molecule has 120 valence electrons. The van der Waals surface area contributed by atoms with Gasteiger partial charge in [0, 0.05) is 28.9 Å². The molecule has 6 nitrogen and oxygen atoms in total. The summed E-state index contributed by atoms with van der Waals surface area (Å²) < 4.78 is 43.2. The molecule has 23 heavy (non-hydrogen) atoms. The molecule has 0 saturated heterocycles. The summed E-state index contributed by atoms with van der Waals surface area (Å²) in [5.74, 6) is -0.372. The molecule has 0 aliphatic heterocycles. The Balaban J connectivity index is 2.05. The van der Waals surface area contributed by atoms with Crippen LogP contribution < -0.4 is 4.74 Å². The lowest BCUT2D eigenvalue weighted by Crippen LogP contribution is -2.04. The molecule has 0 atom stereocenters. The molecule has 0 fully saturated rings. The van der Waals surface area contributed by atoms with Crippen LogP contribution in [0.15, 0.2) is 29.3 Å². The van der Waals surface area contributed by atoms with Crippen LogP contribution in [0.1, 0.15) is 11.5 Å². The zero-order valence-corrected chi connectivity index (χ0v) is 13.5. The SMILES string of the molecule is Cc1nc(Oc2ccc3[nH]c(C)cc3c2F)cc(S(C)(=O)=O)n1. The van der Waals surface area contributed by atoms with Gasteiger partial charge in [-0.2, -0.15) is 4.98 Å². The fraction of sp³-hybridized carbons (Fsp3) is 0.200. The second-order valence-electron chi connectivity index (χ2n) is 5.26. The number of aromatic nitrogens is 3. The number of aromatic amines is 1. The molecule has 0 saturated carbocycles. The van der Waals surface area contributed by atoms with Crippen LogP contribution in [0.2, 0.25) is 0 Å². The van der Waals surface area contributed by atoms with Gasteiger partial charge in [0.1, 0.15) is 5.82 Å². The summed E-state index contributed by atoms with van der Waals surface area (Å²) in [6.07, 6.45) is 1.04. The molecule has 1 N–H and O–H groups in total. The minimum absolute atomic E-state index is 0.0246. The normalized spacial score (nSPS) is 11.8. The summed E-state index contributed by atoms with van der Waals surface area (Å²) in [6, 6.07) is 6.00. The van der Waals surface area contributed by atoms with E-state index in [1.165, 1.54) is 19.1 Å². The molecule has 0 unspecified atom stereocenters. The van der Waals surface area contributed by atoms with E-state index >= 15 is 0 Å². The summed E-state index contributed by atoms with van der Waals surface area (Å²) in [7, 11) is -3.51. The molecule has 0 radical (unpaired) electrons. The number of nitrogens with zero attached hydrogens (tertiary/aromatic N) is 2. The summed E-state index contributed by atoms with van der Waals surface area (Å²) in [6.45, 7) is 3.36. The second kappa shape index (κ2) is 5.31. The lowest BCUT2D eigenvalue weighted by atomic mass is 10.2. The van der Waals surface area contributed by atoms with Gasteiger partial charge in [-0.3, -0.25) is 0 Å². The largest absolute Gasteiger partial charge is 0.436 e. The molecule has 0 aliphatic carbocycles. The van der Waals surface area contributed by atoms with Crippen molar-refractivity contribution in [3.8, 4) is 11.6 Å². The molecule has 2 heterocycles. The highest BCUT2D eigenvalue weighted by atomic mass is 32.2. The Labute approximate surface area is 132 Å². The Hall–Kier alpha value is -2.48. The number of benzene rings is 1. The highest BCUT2D eigenvalue weighted by Crippen LogP contribution is 2.30. The first-order chi connectivity index (χ1) is 10.7. The van der Waals surface area contributed by atoms with E-state index in [2.05, 4.69) is 15.0 Å². The second-order valence-corrected chi connectivity index (χ2v) is 7.22. The van der Waals surface area contributed by atoms with Gasteiger partial charge in [0.15, 0.2) is 26.4 Å². The first-order valence-corrected chi connectivity index (χ1v) is 8.64. The molecule has 0 aliphatic rings. The van der Waals surface area contributed by atoms with Crippen molar-refractivity contribution in [1.29, 1.82) is 0 Å². The summed E-state index contributed by atoms with van der Waals surface area (Å²) in [5.41, 5.74) is 1.48. The minimum Gasteiger partial charge on any atom is -0.436 e. The van der Waals surface area contributed by atoms with E-state index in [-0.39, 0.29) is 22.5 Å². The molecule has 8 heteroatoms. The number of hydrogen-bond acceptors (Lipinski definition) is 5. The van der Waals surface area contributed by atoms with Crippen LogP contribution in [0.3, 0.4) is 0 Å². The van der Waals surface area contributed by atoms with Crippen molar-refractivity contribution < 1.29 is 17.5 Å². The highest BCUT2D eigenvalue weighted by Gasteiger charge is 2.16. The van der Waals surface area contributed by atoms with Crippen molar-refractivity contribution in [3.63, 3.8) is 0 Å². The maximum atomic E-state index is 14.5. The zero-order chi connectivity index (χ0) is 16.8. The van der Waals surface area contributed by atoms with Gasteiger partial charge >= 0.3 is 0 Å². The monoisotopic (exact) mass is 335 g/mol. The number of nitrogens with one attached hydrogen (secondary N) is 1. The smallest absolute Gasteiger partial charge is 0.223 e. The van der Waals surface area contributed by atoms with Crippen LogP contribution in [0, 0.1) is 19.7 Å². The summed E-state index contributed by atoms with van der Waals surface area (Å²) in [4.78, 5) is 10.9. The molecular weight excluding hydrogens is 321 g/mol. The van der Waals surface area contributed by atoms with Gasteiger partial charge in [-0.1, -0.05) is 0 Å². The van der Waals surface area contributed by atoms with Crippen LogP contribution in [-0.2, 0) is 9.84 Å². The number of halogens is 1. The fourth-order valence-corrected chi connectivity index (χ4v) is 2.85. The van der Waals surface area contributed by atoms with Crippen LogP contribution in [-0.4, -0.2) is 29.6 Å². The molecule has 0 amide bonds.